The standard InChI is InChI=1S/C10H11ClN2O2/c11-8-4-7(6-13-12)5-9-10(8)15-3-1-2-14-9/h4-6H,1-3,12H2/b13-6-. The van der Waals surface area contributed by atoms with Gasteiger partial charge in [-0.15, -0.1) is 0 Å². The van der Waals surface area contributed by atoms with Gasteiger partial charge < -0.3 is 15.3 Å². The first-order valence-corrected chi connectivity index (χ1v) is 5.01. The van der Waals surface area contributed by atoms with Gasteiger partial charge in [-0.2, -0.15) is 5.10 Å². The number of hydrogen-bond donors (Lipinski definition) is 1. The topological polar surface area (TPSA) is 56.8 Å². The van der Waals surface area contributed by atoms with Gasteiger partial charge in [0.05, 0.1) is 24.5 Å². The summed E-state index contributed by atoms with van der Waals surface area (Å²) in [6.07, 6.45) is 2.37. The van der Waals surface area contributed by atoms with Gasteiger partial charge in [-0.05, 0) is 17.7 Å². The molecule has 2 rings (SSSR count). The fourth-order valence-corrected chi connectivity index (χ4v) is 1.69. The highest BCUT2D eigenvalue weighted by atomic mass is 35.5. The smallest absolute Gasteiger partial charge is 0.179 e. The minimum Gasteiger partial charge on any atom is -0.489 e. The van der Waals surface area contributed by atoms with E-state index in [4.69, 9.17) is 26.9 Å². The molecule has 4 nitrogen and oxygen atoms in total. The lowest BCUT2D eigenvalue weighted by Gasteiger charge is -2.09. The van der Waals surface area contributed by atoms with E-state index in [1.165, 1.54) is 6.21 Å². The minimum absolute atomic E-state index is 0.518. The highest BCUT2D eigenvalue weighted by molar-refractivity contribution is 6.32. The molecule has 1 aliphatic rings. The lowest BCUT2D eigenvalue weighted by atomic mass is 10.2. The van der Waals surface area contributed by atoms with Crippen LogP contribution in [0.4, 0.5) is 0 Å². The molecule has 1 heterocycles. The van der Waals surface area contributed by atoms with Crippen LogP contribution < -0.4 is 15.3 Å². The maximum absolute atomic E-state index is 6.05. The Balaban J connectivity index is 2.43. The molecule has 1 aliphatic heterocycles. The van der Waals surface area contributed by atoms with E-state index in [1.807, 2.05) is 6.07 Å². The molecule has 80 valence electrons. The Morgan fingerprint density at radius 2 is 2.13 bits per heavy atom. The highest BCUT2D eigenvalue weighted by Gasteiger charge is 2.14. The Morgan fingerprint density at radius 3 is 2.93 bits per heavy atom. The normalized spacial score (nSPS) is 15.3. The van der Waals surface area contributed by atoms with E-state index in [0.29, 0.717) is 29.7 Å². The van der Waals surface area contributed by atoms with Crippen LogP contribution in [0, 0.1) is 0 Å². The second kappa shape index (κ2) is 4.40. The van der Waals surface area contributed by atoms with Gasteiger partial charge in [0.2, 0.25) is 0 Å². The summed E-state index contributed by atoms with van der Waals surface area (Å²) in [7, 11) is 0. The predicted molar refractivity (Wildman–Crippen MR) is 58.8 cm³/mol. The van der Waals surface area contributed by atoms with E-state index in [1.54, 1.807) is 6.07 Å². The molecular weight excluding hydrogens is 216 g/mol. The average molecular weight is 227 g/mol. The fraction of sp³-hybridized carbons (Fsp3) is 0.300. The van der Waals surface area contributed by atoms with Crippen LogP contribution in [-0.4, -0.2) is 19.4 Å². The van der Waals surface area contributed by atoms with Gasteiger partial charge in [-0.3, -0.25) is 0 Å². The van der Waals surface area contributed by atoms with Crippen LogP contribution >= 0.6 is 11.6 Å². The third-order valence-corrected chi connectivity index (χ3v) is 2.33. The van der Waals surface area contributed by atoms with Gasteiger partial charge in [0.1, 0.15) is 0 Å². The quantitative estimate of drug-likeness (QED) is 0.451. The van der Waals surface area contributed by atoms with E-state index in [2.05, 4.69) is 5.10 Å². The van der Waals surface area contributed by atoms with Crippen molar-refractivity contribution in [2.24, 2.45) is 10.9 Å². The molecular formula is C10H11ClN2O2. The van der Waals surface area contributed by atoms with E-state index in [-0.39, 0.29) is 0 Å². The monoisotopic (exact) mass is 226 g/mol. The number of hydrogen-bond acceptors (Lipinski definition) is 4. The van der Waals surface area contributed by atoms with Crippen LogP contribution in [0.25, 0.3) is 0 Å². The molecule has 0 saturated heterocycles. The van der Waals surface area contributed by atoms with Gasteiger partial charge in [-0.1, -0.05) is 11.6 Å². The molecule has 0 bridgehead atoms. The first kappa shape index (κ1) is 10.1. The van der Waals surface area contributed by atoms with Crippen molar-refractivity contribution in [2.45, 2.75) is 6.42 Å². The summed E-state index contributed by atoms with van der Waals surface area (Å²) in [6, 6.07) is 3.55. The van der Waals surface area contributed by atoms with Crippen LogP contribution in [0.1, 0.15) is 12.0 Å². The number of halogens is 1. The number of ether oxygens (including phenoxy) is 2. The van der Waals surface area contributed by atoms with Crippen LogP contribution in [0.15, 0.2) is 17.2 Å². The van der Waals surface area contributed by atoms with E-state index < -0.39 is 0 Å². The number of rotatable bonds is 1. The molecule has 0 unspecified atom stereocenters. The van der Waals surface area contributed by atoms with Gasteiger partial charge in [0.15, 0.2) is 11.5 Å². The third-order valence-electron chi connectivity index (χ3n) is 2.05. The molecule has 5 heteroatoms. The second-order valence-corrected chi connectivity index (χ2v) is 3.57. The Kier molecular flexibility index (Phi) is 2.97. The lowest BCUT2D eigenvalue weighted by molar-refractivity contribution is 0.297. The summed E-state index contributed by atoms with van der Waals surface area (Å²) in [6.45, 7) is 1.25. The van der Waals surface area contributed by atoms with Crippen LogP contribution in [0.3, 0.4) is 0 Å². The maximum Gasteiger partial charge on any atom is 0.179 e. The summed E-state index contributed by atoms with van der Waals surface area (Å²) in [5.41, 5.74) is 0.798. The maximum atomic E-state index is 6.05. The second-order valence-electron chi connectivity index (χ2n) is 3.16. The summed E-state index contributed by atoms with van der Waals surface area (Å²) in [5, 5.41) is 3.96. The van der Waals surface area contributed by atoms with Gasteiger partial charge >= 0.3 is 0 Å². The molecule has 0 amide bonds. The lowest BCUT2D eigenvalue weighted by Crippen LogP contribution is -1.97. The van der Waals surface area contributed by atoms with Gasteiger partial charge in [0, 0.05) is 6.42 Å². The summed E-state index contributed by atoms with van der Waals surface area (Å²) < 4.78 is 11.0. The minimum atomic E-state index is 0.518. The van der Waals surface area contributed by atoms with Gasteiger partial charge in [-0.25, -0.2) is 0 Å². The number of nitrogens with two attached hydrogens (primary N) is 1. The Labute approximate surface area is 92.6 Å². The molecule has 0 atom stereocenters. The zero-order chi connectivity index (χ0) is 10.7. The Hall–Kier alpha value is -1.42. The van der Waals surface area contributed by atoms with Crippen molar-refractivity contribution >= 4 is 17.8 Å². The average Bonchev–Trinajstić information content (AvgIpc) is 2.43. The molecule has 0 aliphatic carbocycles. The van der Waals surface area contributed by atoms with Crippen molar-refractivity contribution in [3.8, 4) is 11.5 Å². The largest absolute Gasteiger partial charge is 0.489 e. The van der Waals surface area contributed by atoms with Gasteiger partial charge in [0.25, 0.3) is 0 Å². The Morgan fingerprint density at radius 1 is 1.33 bits per heavy atom. The molecule has 1 aromatic rings. The fourth-order valence-electron chi connectivity index (χ4n) is 1.41. The number of nitrogens with zero attached hydrogens (tertiary/aromatic N) is 1. The van der Waals surface area contributed by atoms with Crippen molar-refractivity contribution in [2.75, 3.05) is 13.2 Å². The molecule has 0 saturated carbocycles. The first-order chi connectivity index (χ1) is 7.31. The molecule has 0 spiro atoms. The highest BCUT2D eigenvalue weighted by Crippen LogP contribution is 2.37. The van der Waals surface area contributed by atoms with Crippen molar-refractivity contribution in [3.05, 3.63) is 22.7 Å². The number of hydrazone groups is 1. The number of fused-ring (bicyclic) bond motifs is 1. The summed E-state index contributed by atoms with van der Waals surface area (Å²) >= 11 is 6.05. The molecule has 0 aromatic heterocycles. The third kappa shape index (κ3) is 2.15. The van der Waals surface area contributed by atoms with Crippen molar-refractivity contribution in [3.63, 3.8) is 0 Å². The first-order valence-electron chi connectivity index (χ1n) is 4.63. The zero-order valence-corrected chi connectivity index (χ0v) is 8.83. The molecule has 0 radical (unpaired) electrons. The van der Waals surface area contributed by atoms with Crippen LogP contribution in [-0.2, 0) is 0 Å². The molecule has 1 aromatic carbocycles. The van der Waals surface area contributed by atoms with Crippen LogP contribution in [0.2, 0.25) is 5.02 Å². The molecule has 15 heavy (non-hydrogen) atoms. The van der Waals surface area contributed by atoms with Crippen LogP contribution in [0.5, 0.6) is 11.5 Å². The Bertz CT molecular complexity index is 393. The van der Waals surface area contributed by atoms with E-state index in [9.17, 15) is 0 Å². The van der Waals surface area contributed by atoms with E-state index >= 15 is 0 Å². The molecule has 2 N–H and O–H groups in total. The zero-order valence-electron chi connectivity index (χ0n) is 8.07. The predicted octanol–water partition coefficient (Wildman–Crippen LogP) is 1.79. The number of benzene rings is 1. The van der Waals surface area contributed by atoms with Crippen molar-refractivity contribution in [1.82, 2.24) is 0 Å². The summed E-state index contributed by atoms with van der Waals surface area (Å²) in [4.78, 5) is 0. The summed E-state index contributed by atoms with van der Waals surface area (Å²) in [5.74, 6) is 6.32. The van der Waals surface area contributed by atoms with Crippen molar-refractivity contribution < 1.29 is 9.47 Å². The molecule has 0 fully saturated rings. The van der Waals surface area contributed by atoms with Crippen molar-refractivity contribution in [1.29, 1.82) is 0 Å². The SMILES string of the molecule is N/N=C\c1cc(Cl)c2c(c1)OCCCO2. The van der Waals surface area contributed by atoms with E-state index in [0.717, 1.165) is 12.0 Å².